The van der Waals surface area contributed by atoms with Crippen LogP contribution >= 0.6 is 23.2 Å². The Balaban J connectivity index is 2.09. The molecule has 0 aliphatic carbocycles. The van der Waals surface area contributed by atoms with Crippen LogP contribution in [-0.4, -0.2) is 35.0 Å². The molecule has 1 atom stereocenters. The van der Waals surface area contributed by atoms with Gasteiger partial charge in [-0.1, -0.05) is 29.3 Å². The van der Waals surface area contributed by atoms with Gasteiger partial charge in [0.2, 0.25) is 5.91 Å². The third-order valence-electron chi connectivity index (χ3n) is 3.73. The highest BCUT2D eigenvalue weighted by Crippen LogP contribution is 2.31. The highest BCUT2D eigenvalue weighted by atomic mass is 35.5. The number of hydrogen-bond acceptors (Lipinski definition) is 2. The van der Waals surface area contributed by atoms with Crippen molar-refractivity contribution in [1.29, 1.82) is 0 Å². The molecule has 0 spiro atoms. The van der Waals surface area contributed by atoms with Crippen molar-refractivity contribution in [3.63, 3.8) is 0 Å². The molecule has 2 rings (SSSR count). The molecule has 1 saturated heterocycles. The monoisotopic (exact) mass is 315 g/mol. The number of hydrogen-bond donors (Lipinski definition) is 1. The SMILES string of the molecule is CC1(C(=O)O)CCN(C(=O)Cc2c(Cl)cccc2Cl)C1. The lowest BCUT2D eigenvalue weighted by atomic mass is 9.90. The van der Waals surface area contributed by atoms with E-state index >= 15 is 0 Å². The zero-order valence-corrected chi connectivity index (χ0v) is 12.5. The zero-order valence-electron chi connectivity index (χ0n) is 11.0. The van der Waals surface area contributed by atoms with E-state index in [1.807, 2.05) is 0 Å². The maximum atomic E-state index is 12.2. The standard InChI is InChI=1S/C14H15Cl2NO3/c1-14(13(19)20)5-6-17(8-14)12(18)7-9-10(15)3-2-4-11(9)16/h2-4H,5-8H2,1H3,(H,19,20). The first-order valence-electron chi connectivity index (χ1n) is 6.27. The van der Waals surface area contributed by atoms with E-state index in [0.29, 0.717) is 28.6 Å². The predicted molar refractivity (Wildman–Crippen MR) is 77.1 cm³/mol. The second kappa shape index (κ2) is 5.62. The van der Waals surface area contributed by atoms with Gasteiger partial charge < -0.3 is 10.0 Å². The molecule has 1 amide bonds. The maximum absolute atomic E-state index is 12.2. The first-order chi connectivity index (χ1) is 9.33. The van der Waals surface area contributed by atoms with Gasteiger partial charge in [-0.2, -0.15) is 0 Å². The van der Waals surface area contributed by atoms with Crippen molar-refractivity contribution in [3.8, 4) is 0 Å². The molecular formula is C14H15Cl2NO3. The van der Waals surface area contributed by atoms with E-state index in [-0.39, 0.29) is 18.9 Å². The van der Waals surface area contributed by atoms with E-state index in [4.69, 9.17) is 28.3 Å². The van der Waals surface area contributed by atoms with Gasteiger partial charge in [-0.05, 0) is 31.0 Å². The summed E-state index contributed by atoms with van der Waals surface area (Å²) in [5.41, 5.74) is -0.273. The molecular weight excluding hydrogens is 301 g/mol. The number of nitrogens with zero attached hydrogens (tertiary/aromatic N) is 1. The van der Waals surface area contributed by atoms with Crippen molar-refractivity contribution < 1.29 is 14.7 Å². The molecule has 1 aliphatic rings. The molecule has 1 fully saturated rings. The summed E-state index contributed by atoms with van der Waals surface area (Å²) in [6.07, 6.45) is 0.554. The number of rotatable bonds is 3. The number of carbonyl (C=O) groups excluding carboxylic acids is 1. The minimum Gasteiger partial charge on any atom is -0.481 e. The summed E-state index contributed by atoms with van der Waals surface area (Å²) in [5.74, 6) is -1.02. The fourth-order valence-electron chi connectivity index (χ4n) is 2.31. The summed E-state index contributed by atoms with van der Waals surface area (Å²) < 4.78 is 0. The van der Waals surface area contributed by atoms with E-state index in [9.17, 15) is 9.59 Å². The smallest absolute Gasteiger partial charge is 0.311 e. The average molecular weight is 316 g/mol. The van der Waals surface area contributed by atoms with Crippen LogP contribution in [0.25, 0.3) is 0 Å². The Labute approximate surface area is 127 Å². The molecule has 1 unspecified atom stereocenters. The second-order valence-electron chi connectivity index (χ2n) is 5.31. The number of benzene rings is 1. The van der Waals surface area contributed by atoms with Gasteiger partial charge in [0.25, 0.3) is 0 Å². The second-order valence-corrected chi connectivity index (χ2v) is 6.12. The maximum Gasteiger partial charge on any atom is 0.311 e. The minimum atomic E-state index is -0.872. The van der Waals surface area contributed by atoms with Crippen LogP contribution in [0.5, 0.6) is 0 Å². The van der Waals surface area contributed by atoms with Crippen molar-refractivity contribution in [2.45, 2.75) is 19.8 Å². The van der Waals surface area contributed by atoms with Crippen molar-refractivity contribution in [3.05, 3.63) is 33.8 Å². The van der Waals surface area contributed by atoms with Crippen LogP contribution in [0.3, 0.4) is 0 Å². The van der Waals surface area contributed by atoms with Crippen molar-refractivity contribution in [2.24, 2.45) is 5.41 Å². The number of carboxylic acid groups (broad SMARTS) is 1. The lowest BCUT2D eigenvalue weighted by molar-refractivity contribution is -0.147. The summed E-state index contributed by atoms with van der Waals surface area (Å²) >= 11 is 12.1. The first-order valence-corrected chi connectivity index (χ1v) is 7.03. The Bertz CT molecular complexity index is 541. The van der Waals surface area contributed by atoms with E-state index in [1.54, 1.807) is 30.0 Å². The number of aliphatic carboxylic acids is 1. The van der Waals surface area contributed by atoms with Crippen LogP contribution in [0.1, 0.15) is 18.9 Å². The third-order valence-corrected chi connectivity index (χ3v) is 4.44. The highest BCUT2D eigenvalue weighted by Gasteiger charge is 2.42. The first kappa shape index (κ1) is 15.1. The molecule has 0 bridgehead atoms. The van der Waals surface area contributed by atoms with E-state index in [2.05, 4.69) is 0 Å². The van der Waals surface area contributed by atoms with Crippen LogP contribution in [0.4, 0.5) is 0 Å². The fourth-order valence-corrected chi connectivity index (χ4v) is 2.84. The molecule has 0 aromatic heterocycles. The number of carboxylic acids is 1. The number of amides is 1. The summed E-state index contributed by atoms with van der Waals surface area (Å²) in [7, 11) is 0. The zero-order chi connectivity index (χ0) is 14.9. The predicted octanol–water partition coefficient (Wildman–Crippen LogP) is 2.86. The topological polar surface area (TPSA) is 57.6 Å². The Morgan fingerprint density at radius 3 is 2.45 bits per heavy atom. The molecule has 0 radical (unpaired) electrons. The summed E-state index contributed by atoms with van der Waals surface area (Å²) in [6.45, 7) is 2.33. The van der Waals surface area contributed by atoms with Gasteiger partial charge in [0.05, 0.1) is 11.8 Å². The summed E-state index contributed by atoms with van der Waals surface area (Å²) in [4.78, 5) is 25.0. The Morgan fingerprint density at radius 2 is 1.95 bits per heavy atom. The van der Waals surface area contributed by atoms with Crippen LogP contribution in [-0.2, 0) is 16.0 Å². The van der Waals surface area contributed by atoms with Gasteiger partial charge in [-0.3, -0.25) is 9.59 Å². The van der Waals surface area contributed by atoms with Gasteiger partial charge >= 0.3 is 5.97 Å². The molecule has 1 aromatic rings. The van der Waals surface area contributed by atoms with Crippen LogP contribution in [0.2, 0.25) is 10.0 Å². The Kier molecular flexibility index (Phi) is 4.25. The average Bonchev–Trinajstić information content (AvgIpc) is 2.78. The van der Waals surface area contributed by atoms with Gasteiger partial charge in [0, 0.05) is 23.1 Å². The van der Waals surface area contributed by atoms with Crippen molar-refractivity contribution >= 4 is 35.1 Å². The Morgan fingerprint density at radius 1 is 1.35 bits per heavy atom. The molecule has 0 saturated carbocycles. The highest BCUT2D eigenvalue weighted by molar-refractivity contribution is 6.36. The number of likely N-dealkylation sites (tertiary alicyclic amines) is 1. The van der Waals surface area contributed by atoms with E-state index < -0.39 is 11.4 Å². The normalized spacial score (nSPS) is 22.1. The van der Waals surface area contributed by atoms with Gasteiger partial charge in [-0.15, -0.1) is 0 Å². The third kappa shape index (κ3) is 2.91. The molecule has 1 N–H and O–H groups in total. The van der Waals surface area contributed by atoms with Crippen molar-refractivity contribution in [2.75, 3.05) is 13.1 Å². The van der Waals surface area contributed by atoms with E-state index in [1.165, 1.54) is 0 Å². The van der Waals surface area contributed by atoms with Crippen molar-refractivity contribution in [1.82, 2.24) is 4.90 Å². The van der Waals surface area contributed by atoms with E-state index in [0.717, 1.165) is 0 Å². The fraction of sp³-hybridized carbons (Fsp3) is 0.429. The largest absolute Gasteiger partial charge is 0.481 e. The quantitative estimate of drug-likeness (QED) is 0.933. The number of halogens is 2. The summed E-state index contributed by atoms with van der Waals surface area (Å²) in [5, 5.41) is 10.1. The number of carbonyl (C=O) groups is 2. The molecule has 108 valence electrons. The molecule has 1 aliphatic heterocycles. The molecule has 20 heavy (non-hydrogen) atoms. The van der Waals surface area contributed by atoms with Gasteiger partial charge in [-0.25, -0.2) is 0 Å². The lowest BCUT2D eigenvalue weighted by Crippen LogP contribution is -2.35. The molecule has 4 nitrogen and oxygen atoms in total. The van der Waals surface area contributed by atoms with Gasteiger partial charge in [0.15, 0.2) is 0 Å². The minimum absolute atomic E-state index is 0.0915. The molecule has 1 aromatic carbocycles. The van der Waals surface area contributed by atoms with Crippen LogP contribution < -0.4 is 0 Å². The molecule has 1 heterocycles. The van der Waals surface area contributed by atoms with Crippen LogP contribution in [0, 0.1) is 5.41 Å². The van der Waals surface area contributed by atoms with Crippen LogP contribution in [0.15, 0.2) is 18.2 Å². The van der Waals surface area contributed by atoms with Gasteiger partial charge in [0.1, 0.15) is 0 Å². The lowest BCUT2D eigenvalue weighted by Gasteiger charge is -2.20. The summed E-state index contributed by atoms with van der Waals surface area (Å²) in [6, 6.07) is 5.08. The Hall–Kier alpha value is -1.26. The molecule has 6 heteroatoms.